The number of halogens is 1. The maximum atomic E-state index is 9.24. The Balaban J connectivity index is 0.00000484. The zero-order chi connectivity index (χ0) is 16.3. The number of hydrogen-bond acceptors (Lipinski definition) is 3. The summed E-state index contributed by atoms with van der Waals surface area (Å²) < 4.78 is 0. The fourth-order valence-corrected chi connectivity index (χ4v) is 2.68. The molecule has 4 heteroatoms. The number of aryl methyl sites for hydroxylation is 1. The number of aliphatic hydroxyl groups is 2. The van der Waals surface area contributed by atoms with Crippen molar-refractivity contribution in [3.8, 4) is 0 Å². The van der Waals surface area contributed by atoms with Crippen molar-refractivity contribution < 1.29 is 10.2 Å². The molecule has 0 aliphatic rings. The molecule has 23 heavy (non-hydrogen) atoms. The number of nitrogens with two attached hydrogens (primary N) is 1. The van der Waals surface area contributed by atoms with Crippen LogP contribution in [0.4, 0.5) is 0 Å². The molecule has 0 aromatic heterocycles. The Hall–Kier alpha value is -0.610. The summed E-state index contributed by atoms with van der Waals surface area (Å²) in [5.41, 5.74) is 7.42. The summed E-state index contributed by atoms with van der Waals surface area (Å²) in [7, 11) is 0. The molecule has 1 rings (SSSR count). The molecule has 0 unspecified atom stereocenters. The molecular formula is C19H34ClNO2. The molecule has 0 spiro atoms. The Kier molecular flexibility index (Phi) is 12.4. The van der Waals surface area contributed by atoms with Crippen molar-refractivity contribution in [2.75, 3.05) is 13.2 Å². The SMILES string of the molecule is CCCCCCCCCc1ccc(CC(N)(CO)CO)cc1.Cl. The quantitative estimate of drug-likeness (QED) is 0.508. The van der Waals surface area contributed by atoms with Gasteiger partial charge in [-0.25, -0.2) is 0 Å². The van der Waals surface area contributed by atoms with Gasteiger partial charge in [-0.3, -0.25) is 0 Å². The minimum absolute atomic E-state index is 0. The smallest absolute Gasteiger partial charge is 0.0663 e. The van der Waals surface area contributed by atoms with E-state index in [0.29, 0.717) is 6.42 Å². The summed E-state index contributed by atoms with van der Waals surface area (Å²) in [6.45, 7) is 1.84. The minimum atomic E-state index is -0.917. The van der Waals surface area contributed by atoms with E-state index in [1.807, 2.05) is 0 Å². The van der Waals surface area contributed by atoms with Crippen LogP contribution in [-0.4, -0.2) is 29.0 Å². The molecule has 1 aromatic rings. The van der Waals surface area contributed by atoms with Gasteiger partial charge in [0.2, 0.25) is 0 Å². The van der Waals surface area contributed by atoms with E-state index < -0.39 is 5.54 Å². The molecule has 0 aliphatic carbocycles. The highest BCUT2D eigenvalue weighted by Crippen LogP contribution is 2.14. The first kappa shape index (κ1) is 22.4. The van der Waals surface area contributed by atoms with Gasteiger partial charge in [0, 0.05) is 0 Å². The van der Waals surface area contributed by atoms with Gasteiger partial charge in [0.15, 0.2) is 0 Å². The fraction of sp³-hybridized carbons (Fsp3) is 0.684. The predicted molar refractivity (Wildman–Crippen MR) is 100 cm³/mol. The molecule has 0 saturated heterocycles. The van der Waals surface area contributed by atoms with E-state index in [-0.39, 0.29) is 25.6 Å². The third kappa shape index (κ3) is 9.31. The van der Waals surface area contributed by atoms with E-state index in [0.717, 1.165) is 12.0 Å². The number of unbranched alkanes of at least 4 members (excludes halogenated alkanes) is 6. The molecule has 0 saturated carbocycles. The van der Waals surface area contributed by atoms with E-state index in [2.05, 4.69) is 31.2 Å². The van der Waals surface area contributed by atoms with Crippen LogP contribution in [0, 0.1) is 0 Å². The van der Waals surface area contributed by atoms with Crippen LogP contribution in [0.1, 0.15) is 63.0 Å². The monoisotopic (exact) mass is 343 g/mol. The van der Waals surface area contributed by atoms with Crippen molar-refractivity contribution in [2.24, 2.45) is 5.73 Å². The molecule has 134 valence electrons. The van der Waals surface area contributed by atoms with Crippen LogP contribution in [0.5, 0.6) is 0 Å². The average molecular weight is 344 g/mol. The Morgan fingerprint density at radius 1 is 0.826 bits per heavy atom. The van der Waals surface area contributed by atoms with Gasteiger partial charge in [0.25, 0.3) is 0 Å². The van der Waals surface area contributed by atoms with Gasteiger partial charge in [-0.2, -0.15) is 0 Å². The Labute approximate surface area is 147 Å². The predicted octanol–water partition coefficient (Wildman–Crippen LogP) is 3.63. The molecule has 0 aliphatic heterocycles. The third-order valence-electron chi connectivity index (χ3n) is 4.28. The number of aliphatic hydroxyl groups excluding tert-OH is 2. The fourth-order valence-electron chi connectivity index (χ4n) is 2.68. The molecular weight excluding hydrogens is 310 g/mol. The first-order valence-electron chi connectivity index (χ1n) is 8.72. The van der Waals surface area contributed by atoms with Gasteiger partial charge in [-0.05, 0) is 30.4 Å². The second-order valence-corrected chi connectivity index (χ2v) is 6.54. The second-order valence-electron chi connectivity index (χ2n) is 6.54. The zero-order valence-electron chi connectivity index (χ0n) is 14.5. The van der Waals surface area contributed by atoms with Crippen molar-refractivity contribution in [2.45, 2.75) is 70.3 Å². The first-order valence-corrected chi connectivity index (χ1v) is 8.72. The lowest BCUT2D eigenvalue weighted by Gasteiger charge is -2.24. The minimum Gasteiger partial charge on any atom is -0.394 e. The number of hydrogen-bond donors (Lipinski definition) is 3. The molecule has 1 aromatic carbocycles. The highest BCUT2D eigenvalue weighted by Gasteiger charge is 2.23. The highest BCUT2D eigenvalue weighted by atomic mass is 35.5. The van der Waals surface area contributed by atoms with Gasteiger partial charge in [-0.1, -0.05) is 69.7 Å². The normalized spacial score (nSPS) is 11.3. The molecule has 0 radical (unpaired) electrons. The lowest BCUT2D eigenvalue weighted by Crippen LogP contribution is -2.49. The van der Waals surface area contributed by atoms with Crippen molar-refractivity contribution in [3.63, 3.8) is 0 Å². The van der Waals surface area contributed by atoms with Crippen molar-refractivity contribution in [3.05, 3.63) is 35.4 Å². The molecule has 3 nitrogen and oxygen atoms in total. The molecule has 0 heterocycles. The van der Waals surface area contributed by atoms with Gasteiger partial charge < -0.3 is 15.9 Å². The molecule has 0 amide bonds. The van der Waals surface area contributed by atoms with Crippen LogP contribution in [-0.2, 0) is 12.8 Å². The zero-order valence-corrected chi connectivity index (χ0v) is 15.3. The molecule has 0 atom stereocenters. The van der Waals surface area contributed by atoms with Crippen LogP contribution >= 0.6 is 12.4 Å². The lowest BCUT2D eigenvalue weighted by atomic mass is 9.92. The van der Waals surface area contributed by atoms with Crippen molar-refractivity contribution in [1.29, 1.82) is 0 Å². The van der Waals surface area contributed by atoms with Crippen LogP contribution in [0.15, 0.2) is 24.3 Å². The van der Waals surface area contributed by atoms with Crippen LogP contribution in [0.2, 0.25) is 0 Å². The summed E-state index contributed by atoms with van der Waals surface area (Å²) in [6.07, 6.45) is 11.0. The Bertz CT molecular complexity index is 391. The summed E-state index contributed by atoms with van der Waals surface area (Å²) in [4.78, 5) is 0. The lowest BCUT2D eigenvalue weighted by molar-refractivity contribution is 0.121. The Morgan fingerprint density at radius 2 is 1.30 bits per heavy atom. The summed E-state index contributed by atoms with van der Waals surface area (Å²) in [5.74, 6) is 0. The molecule has 0 fully saturated rings. The summed E-state index contributed by atoms with van der Waals surface area (Å²) in [5, 5.41) is 18.5. The van der Waals surface area contributed by atoms with Gasteiger partial charge in [-0.15, -0.1) is 12.4 Å². The molecule has 0 bridgehead atoms. The van der Waals surface area contributed by atoms with Gasteiger partial charge in [0.05, 0.1) is 18.8 Å². The van der Waals surface area contributed by atoms with Crippen LogP contribution in [0.25, 0.3) is 0 Å². The maximum Gasteiger partial charge on any atom is 0.0663 e. The molecule has 4 N–H and O–H groups in total. The Morgan fingerprint density at radius 3 is 1.83 bits per heavy atom. The maximum absolute atomic E-state index is 9.24. The van der Waals surface area contributed by atoms with Gasteiger partial charge >= 0.3 is 0 Å². The van der Waals surface area contributed by atoms with E-state index >= 15 is 0 Å². The highest BCUT2D eigenvalue weighted by molar-refractivity contribution is 5.85. The standard InChI is InChI=1S/C19H33NO2.ClH/c1-2-3-4-5-6-7-8-9-17-10-12-18(13-11-17)14-19(20,15-21)16-22;/h10-13,21-22H,2-9,14-16,20H2,1H3;1H. The van der Waals surface area contributed by atoms with Crippen molar-refractivity contribution in [1.82, 2.24) is 0 Å². The summed E-state index contributed by atoms with van der Waals surface area (Å²) >= 11 is 0. The van der Waals surface area contributed by atoms with Crippen molar-refractivity contribution >= 4 is 12.4 Å². The average Bonchev–Trinajstić information content (AvgIpc) is 2.55. The third-order valence-corrected chi connectivity index (χ3v) is 4.28. The van der Waals surface area contributed by atoms with Crippen LogP contribution < -0.4 is 5.73 Å². The first-order chi connectivity index (χ1) is 10.6. The largest absolute Gasteiger partial charge is 0.394 e. The van der Waals surface area contributed by atoms with Crippen LogP contribution in [0.3, 0.4) is 0 Å². The number of rotatable bonds is 12. The van der Waals surface area contributed by atoms with Gasteiger partial charge in [0.1, 0.15) is 0 Å². The van der Waals surface area contributed by atoms with E-state index in [9.17, 15) is 10.2 Å². The van der Waals surface area contributed by atoms with E-state index in [1.165, 1.54) is 50.5 Å². The summed E-state index contributed by atoms with van der Waals surface area (Å²) in [6, 6.07) is 8.40. The van der Waals surface area contributed by atoms with E-state index in [4.69, 9.17) is 5.73 Å². The van der Waals surface area contributed by atoms with E-state index in [1.54, 1.807) is 0 Å². The number of benzene rings is 1. The second kappa shape index (κ2) is 12.8. The topological polar surface area (TPSA) is 66.5 Å².